The van der Waals surface area contributed by atoms with Gasteiger partial charge in [0.15, 0.2) is 5.75 Å². The second-order valence-electron chi connectivity index (χ2n) is 5.00. The van der Waals surface area contributed by atoms with Gasteiger partial charge in [-0.05, 0) is 25.0 Å². The lowest BCUT2D eigenvalue weighted by atomic mass is 9.85. The maximum absolute atomic E-state index is 11.1. The van der Waals surface area contributed by atoms with Crippen LogP contribution in [0.1, 0.15) is 42.5 Å². The number of hydrogen-bond acceptors (Lipinski definition) is 3. The van der Waals surface area contributed by atoms with Crippen molar-refractivity contribution in [3.8, 4) is 5.75 Å². The first-order valence-corrected chi connectivity index (χ1v) is 6.77. The number of aliphatic hydroxyl groups is 1. The summed E-state index contributed by atoms with van der Waals surface area (Å²) < 4.78 is 5.51. The van der Waals surface area contributed by atoms with E-state index in [4.69, 9.17) is 21.4 Å². The molecule has 1 aromatic carbocycles. The molecule has 1 aliphatic rings. The lowest BCUT2D eigenvalue weighted by molar-refractivity contribution is -0.0341. The predicted octanol–water partition coefficient (Wildman–Crippen LogP) is 3.11. The first kappa shape index (κ1) is 14.2. The molecule has 0 aliphatic heterocycles. The highest BCUT2D eigenvalue weighted by Crippen LogP contribution is 2.32. The lowest BCUT2D eigenvalue weighted by Gasteiger charge is -2.32. The Labute approximate surface area is 117 Å². The van der Waals surface area contributed by atoms with Crippen LogP contribution in [0.3, 0.4) is 0 Å². The van der Waals surface area contributed by atoms with E-state index in [2.05, 4.69) is 0 Å². The fraction of sp³-hybridized carbons (Fsp3) is 0.500. The van der Waals surface area contributed by atoms with Gasteiger partial charge in [0.25, 0.3) is 0 Å². The van der Waals surface area contributed by atoms with Crippen molar-refractivity contribution in [2.45, 2.75) is 37.7 Å². The highest BCUT2D eigenvalue weighted by atomic mass is 35.5. The molecule has 0 spiro atoms. The molecule has 0 aromatic heterocycles. The third-order valence-electron chi connectivity index (χ3n) is 3.47. The van der Waals surface area contributed by atoms with Gasteiger partial charge in [0, 0.05) is 0 Å². The van der Waals surface area contributed by atoms with Gasteiger partial charge in [-0.15, -0.1) is 0 Å². The van der Waals surface area contributed by atoms with Crippen LogP contribution in [0.5, 0.6) is 5.75 Å². The molecule has 1 fully saturated rings. The van der Waals surface area contributed by atoms with Crippen molar-refractivity contribution in [3.63, 3.8) is 0 Å². The average molecular weight is 285 g/mol. The zero-order chi connectivity index (χ0) is 13.9. The Morgan fingerprint density at radius 3 is 2.63 bits per heavy atom. The fourth-order valence-corrected chi connectivity index (χ4v) is 2.61. The van der Waals surface area contributed by atoms with Gasteiger partial charge < -0.3 is 14.9 Å². The molecule has 0 amide bonds. The summed E-state index contributed by atoms with van der Waals surface area (Å²) in [6.45, 7) is 0.0804. The van der Waals surface area contributed by atoms with Gasteiger partial charge in [-0.3, -0.25) is 0 Å². The molecule has 0 bridgehead atoms. The number of aromatic carboxylic acids is 1. The minimum atomic E-state index is -1.09. The first-order chi connectivity index (χ1) is 9.02. The zero-order valence-corrected chi connectivity index (χ0v) is 11.3. The molecule has 0 heterocycles. The molecule has 0 atom stereocenters. The van der Waals surface area contributed by atoms with E-state index in [9.17, 15) is 9.90 Å². The molecule has 1 aromatic rings. The van der Waals surface area contributed by atoms with Crippen LogP contribution < -0.4 is 4.74 Å². The van der Waals surface area contributed by atoms with Crippen LogP contribution in [-0.2, 0) is 0 Å². The summed E-state index contributed by atoms with van der Waals surface area (Å²) in [7, 11) is 0. The van der Waals surface area contributed by atoms with Crippen LogP contribution in [0.15, 0.2) is 18.2 Å². The summed E-state index contributed by atoms with van der Waals surface area (Å²) in [6, 6.07) is 4.58. The van der Waals surface area contributed by atoms with Crippen molar-refractivity contribution in [2.24, 2.45) is 0 Å². The molecule has 5 heteroatoms. The quantitative estimate of drug-likeness (QED) is 0.891. The van der Waals surface area contributed by atoms with Crippen LogP contribution in [0.25, 0.3) is 0 Å². The largest absolute Gasteiger partial charge is 0.488 e. The van der Waals surface area contributed by atoms with Gasteiger partial charge >= 0.3 is 5.97 Å². The molecule has 104 valence electrons. The smallest absolute Gasteiger partial charge is 0.339 e. The molecule has 0 radical (unpaired) electrons. The Bertz CT molecular complexity index is 467. The Hall–Kier alpha value is -1.26. The Morgan fingerprint density at radius 1 is 1.32 bits per heavy atom. The molecule has 1 aliphatic carbocycles. The van der Waals surface area contributed by atoms with E-state index in [1.54, 1.807) is 12.1 Å². The Morgan fingerprint density at radius 2 is 2.00 bits per heavy atom. The van der Waals surface area contributed by atoms with Gasteiger partial charge in [-0.1, -0.05) is 36.9 Å². The van der Waals surface area contributed by atoms with E-state index in [0.717, 1.165) is 19.3 Å². The van der Waals surface area contributed by atoms with E-state index in [1.807, 2.05) is 0 Å². The number of carbonyl (C=O) groups is 1. The molecule has 0 unspecified atom stereocenters. The number of para-hydroxylation sites is 1. The molecular formula is C14H17ClO4. The number of ether oxygens (including phenoxy) is 1. The van der Waals surface area contributed by atoms with Crippen LogP contribution in [0, 0.1) is 0 Å². The molecule has 2 rings (SSSR count). The van der Waals surface area contributed by atoms with E-state index in [-0.39, 0.29) is 22.9 Å². The maximum atomic E-state index is 11.1. The zero-order valence-electron chi connectivity index (χ0n) is 10.6. The molecule has 19 heavy (non-hydrogen) atoms. The third-order valence-corrected chi connectivity index (χ3v) is 3.76. The number of hydrogen-bond donors (Lipinski definition) is 2. The number of carboxylic acid groups (broad SMARTS) is 1. The summed E-state index contributed by atoms with van der Waals surface area (Å²) in [6.07, 6.45) is 4.41. The molecule has 2 N–H and O–H groups in total. The second-order valence-corrected chi connectivity index (χ2v) is 5.40. The lowest BCUT2D eigenvalue weighted by Crippen LogP contribution is -2.38. The number of halogens is 1. The normalized spacial score (nSPS) is 18.0. The monoisotopic (exact) mass is 284 g/mol. The minimum Gasteiger partial charge on any atom is -0.488 e. The van der Waals surface area contributed by atoms with Crippen molar-refractivity contribution in [1.29, 1.82) is 0 Å². The summed E-state index contributed by atoms with van der Waals surface area (Å²) >= 11 is 5.97. The van der Waals surface area contributed by atoms with E-state index < -0.39 is 11.6 Å². The van der Waals surface area contributed by atoms with Crippen molar-refractivity contribution in [2.75, 3.05) is 6.61 Å². The highest BCUT2D eigenvalue weighted by Gasteiger charge is 2.30. The number of benzene rings is 1. The fourth-order valence-electron chi connectivity index (χ4n) is 2.38. The van der Waals surface area contributed by atoms with Gasteiger partial charge in [0.05, 0.1) is 10.6 Å². The van der Waals surface area contributed by atoms with Crippen molar-refractivity contribution in [1.82, 2.24) is 0 Å². The molecule has 1 saturated carbocycles. The van der Waals surface area contributed by atoms with Crippen molar-refractivity contribution >= 4 is 17.6 Å². The first-order valence-electron chi connectivity index (χ1n) is 6.39. The van der Waals surface area contributed by atoms with Gasteiger partial charge in [-0.2, -0.15) is 0 Å². The van der Waals surface area contributed by atoms with Gasteiger partial charge in [0.2, 0.25) is 0 Å². The highest BCUT2D eigenvalue weighted by molar-refractivity contribution is 6.32. The van der Waals surface area contributed by atoms with Crippen LogP contribution in [-0.4, -0.2) is 28.4 Å². The summed E-state index contributed by atoms with van der Waals surface area (Å²) in [5, 5.41) is 19.7. The van der Waals surface area contributed by atoms with E-state index in [0.29, 0.717) is 12.8 Å². The Balaban J connectivity index is 2.12. The second kappa shape index (κ2) is 5.80. The van der Waals surface area contributed by atoms with Crippen LogP contribution in [0.2, 0.25) is 5.02 Å². The standard InChI is InChI=1S/C14H17ClO4/c15-11-6-4-5-10(13(16)17)12(11)19-9-14(18)7-2-1-3-8-14/h4-6,18H,1-3,7-9H2,(H,16,17). The van der Waals surface area contributed by atoms with Crippen molar-refractivity contribution < 1.29 is 19.7 Å². The maximum Gasteiger partial charge on any atom is 0.339 e. The number of carboxylic acids is 1. The Kier molecular flexibility index (Phi) is 4.32. The van der Waals surface area contributed by atoms with Gasteiger partial charge in [-0.25, -0.2) is 4.79 Å². The van der Waals surface area contributed by atoms with Gasteiger partial charge in [0.1, 0.15) is 12.2 Å². The van der Waals surface area contributed by atoms with Crippen molar-refractivity contribution in [3.05, 3.63) is 28.8 Å². The molecule has 4 nitrogen and oxygen atoms in total. The summed E-state index contributed by atoms with van der Waals surface area (Å²) in [5.74, 6) is -0.955. The predicted molar refractivity (Wildman–Crippen MR) is 71.9 cm³/mol. The average Bonchev–Trinajstić information content (AvgIpc) is 2.38. The molecular weight excluding hydrogens is 268 g/mol. The summed E-state index contributed by atoms with van der Waals surface area (Å²) in [5.41, 5.74) is -0.848. The van der Waals surface area contributed by atoms with E-state index >= 15 is 0 Å². The third kappa shape index (κ3) is 3.39. The van der Waals surface area contributed by atoms with Crippen LogP contribution in [0.4, 0.5) is 0 Å². The van der Waals surface area contributed by atoms with E-state index in [1.165, 1.54) is 6.07 Å². The van der Waals surface area contributed by atoms with Crippen LogP contribution >= 0.6 is 11.6 Å². The SMILES string of the molecule is O=C(O)c1cccc(Cl)c1OCC1(O)CCCCC1. The topological polar surface area (TPSA) is 66.8 Å². The summed E-state index contributed by atoms with van der Waals surface area (Å²) in [4.78, 5) is 11.1. The number of rotatable bonds is 4. The minimum absolute atomic E-state index is 0.0203. The molecule has 0 saturated heterocycles.